The van der Waals surface area contributed by atoms with Crippen LogP contribution in [0.2, 0.25) is 0 Å². The molecule has 1 fully saturated rings. The van der Waals surface area contributed by atoms with Crippen molar-refractivity contribution < 1.29 is 27.4 Å². The molecule has 1 aliphatic carbocycles. The van der Waals surface area contributed by atoms with Gasteiger partial charge < -0.3 is 24.8 Å². The van der Waals surface area contributed by atoms with E-state index >= 15 is 0 Å². The predicted octanol–water partition coefficient (Wildman–Crippen LogP) is 6.99. The van der Waals surface area contributed by atoms with Gasteiger partial charge in [-0.15, -0.1) is 0 Å². The normalized spacial score (nSPS) is 12.7. The van der Waals surface area contributed by atoms with Crippen molar-refractivity contribution >= 4 is 22.3 Å². The average molecular weight is 509 g/mol. The lowest BCUT2D eigenvalue weighted by molar-refractivity contribution is -0.137. The molecule has 1 aromatic heterocycles. The Balaban J connectivity index is 1.36. The van der Waals surface area contributed by atoms with Crippen LogP contribution in [0.3, 0.4) is 0 Å². The van der Waals surface area contributed by atoms with Gasteiger partial charge in [0.25, 0.3) is 0 Å². The highest BCUT2D eigenvalue weighted by Gasteiger charge is 2.30. The molecule has 4 aromatic rings. The van der Waals surface area contributed by atoms with Crippen LogP contribution in [0.1, 0.15) is 18.4 Å². The molecule has 0 saturated heterocycles. The molecule has 0 radical (unpaired) electrons. The summed E-state index contributed by atoms with van der Waals surface area (Å²) in [5.41, 5.74) is 2.39. The number of hydrogen-bond acceptors (Lipinski definition) is 7. The van der Waals surface area contributed by atoms with Crippen LogP contribution in [0, 0.1) is 0 Å². The third-order valence-corrected chi connectivity index (χ3v) is 5.76. The fourth-order valence-electron chi connectivity index (χ4n) is 3.74. The van der Waals surface area contributed by atoms with Crippen LogP contribution < -0.4 is 24.8 Å². The number of fused-ring (bicyclic) bond motifs is 1. The van der Waals surface area contributed by atoms with Gasteiger partial charge in [-0.1, -0.05) is 6.07 Å². The Morgan fingerprint density at radius 3 is 2.22 bits per heavy atom. The molecular weight excluding hydrogens is 485 g/mol. The quantitative estimate of drug-likeness (QED) is 0.266. The van der Waals surface area contributed by atoms with Gasteiger partial charge in [0.1, 0.15) is 17.9 Å². The number of methoxy groups -OCH3 is 2. The number of nitrogens with zero attached hydrogens (tertiary/aromatic N) is 2. The van der Waals surface area contributed by atoms with E-state index in [4.69, 9.17) is 14.2 Å². The Labute approximate surface area is 210 Å². The lowest BCUT2D eigenvalue weighted by Gasteiger charge is -2.16. The molecular formula is C27H23F3N4O3. The van der Waals surface area contributed by atoms with Gasteiger partial charge >= 0.3 is 6.18 Å². The van der Waals surface area contributed by atoms with Crippen molar-refractivity contribution in [1.29, 1.82) is 0 Å². The summed E-state index contributed by atoms with van der Waals surface area (Å²) in [4.78, 5) is 8.58. The van der Waals surface area contributed by atoms with Crippen molar-refractivity contribution in [2.45, 2.75) is 19.0 Å². The maximum atomic E-state index is 12.9. The molecule has 0 unspecified atom stereocenters. The molecule has 0 amide bonds. The highest BCUT2D eigenvalue weighted by atomic mass is 19.4. The molecule has 37 heavy (non-hydrogen) atoms. The minimum Gasteiger partial charge on any atom is -0.493 e. The number of rotatable bonds is 8. The van der Waals surface area contributed by atoms with Gasteiger partial charge in [-0.25, -0.2) is 9.97 Å². The van der Waals surface area contributed by atoms with E-state index < -0.39 is 11.7 Å². The highest BCUT2D eigenvalue weighted by Crippen LogP contribution is 2.37. The topological polar surface area (TPSA) is 77.5 Å². The van der Waals surface area contributed by atoms with Gasteiger partial charge in [-0.05, 0) is 60.9 Å². The number of ether oxygens (including phenoxy) is 3. The summed E-state index contributed by atoms with van der Waals surface area (Å²) in [6.45, 7) is 0. The van der Waals surface area contributed by atoms with Crippen molar-refractivity contribution in [3.05, 3.63) is 83.9 Å². The highest BCUT2D eigenvalue weighted by molar-refractivity contribution is 5.87. The number of allylic oxidation sites excluding steroid dienone is 1. The van der Waals surface area contributed by atoms with Crippen LogP contribution in [0.15, 0.2) is 78.4 Å². The zero-order chi connectivity index (χ0) is 26.0. The van der Waals surface area contributed by atoms with E-state index in [0.29, 0.717) is 39.7 Å². The number of halogens is 3. The molecule has 0 bridgehead atoms. The summed E-state index contributed by atoms with van der Waals surface area (Å²) in [5, 5.41) is 7.18. The number of nitrogens with one attached hydrogen (secondary N) is 2. The first-order valence-electron chi connectivity index (χ1n) is 11.4. The third-order valence-electron chi connectivity index (χ3n) is 5.76. The summed E-state index contributed by atoms with van der Waals surface area (Å²) in [5.74, 6) is 2.70. The Bertz CT molecular complexity index is 1460. The molecule has 5 rings (SSSR count). The lowest BCUT2D eigenvalue weighted by Crippen LogP contribution is -2.10. The zero-order valence-corrected chi connectivity index (χ0v) is 20.0. The van der Waals surface area contributed by atoms with Crippen molar-refractivity contribution in [3.63, 3.8) is 0 Å². The van der Waals surface area contributed by atoms with Crippen molar-refractivity contribution in [2.24, 2.45) is 0 Å². The van der Waals surface area contributed by atoms with Crippen LogP contribution in [0.5, 0.6) is 23.1 Å². The van der Waals surface area contributed by atoms with Crippen LogP contribution >= 0.6 is 0 Å². The molecule has 0 spiro atoms. The maximum Gasteiger partial charge on any atom is 0.416 e. The fourth-order valence-corrected chi connectivity index (χ4v) is 3.74. The van der Waals surface area contributed by atoms with E-state index in [0.717, 1.165) is 42.1 Å². The SMILES string of the molecule is COc1cc2ncnc(Oc3cccc(NC(Nc4ccc(C(F)(F)F)cc4)=C4CC4)c3)c2cc1OC. The van der Waals surface area contributed by atoms with Gasteiger partial charge in [-0.2, -0.15) is 13.2 Å². The Hall–Kier alpha value is -4.47. The fraction of sp³-hybridized carbons (Fsp3) is 0.185. The Morgan fingerprint density at radius 2 is 1.54 bits per heavy atom. The monoisotopic (exact) mass is 508 g/mol. The summed E-state index contributed by atoms with van der Waals surface area (Å²) < 4.78 is 55.5. The maximum absolute atomic E-state index is 12.9. The second-order valence-corrected chi connectivity index (χ2v) is 8.34. The molecule has 3 aromatic carbocycles. The molecule has 190 valence electrons. The first-order valence-corrected chi connectivity index (χ1v) is 11.4. The average Bonchev–Trinajstić information content (AvgIpc) is 3.73. The molecule has 7 nitrogen and oxygen atoms in total. The predicted molar refractivity (Wildman–Crippen MR) is 134 cm³/mol. The third kappa shape index (κ3) is 5.53. The Kier molecular flexibility index (Phi) is 6.47. The van der Waals surface area contributed by atoms with Gasteiger partial charge in [0.2, 0.25) is 5.88 Å². The van der Waals surface area contributed by atoms with Crippen molar-refractivity contribution in [2.75, 3.05) is 24.9 Å². The molecule has 1 saturated carbocycles. The number of aromatic nitrogens is 2. The molecule has 10 heteroatoms. The number of anilines is 2. The largest absolute Gasteiger partial charge is 0.493 e. The van der Waals surface area contributed by atoms with Crippen molar-refractivity contribution in [3.8, 4) is 23.1 Å². The van der Waals surface area contributed by atoms with Gasteiger partial charge in [-0.3, -0.25) is 0 Å². The van der Waals surface area contributed by atoms with Crippen molar-refractivity contribution in [1.82, 2.24) is 9.97 Å². The van der Waals surface area contributed by atoms with Crippen LogP contribution in [-0.4, -0.2) is 24.2 Å². The van der Waals surface area contributed by atoms with Gasteiger partial charge in [0.05, 0.1) is 30.7 Å². The van der Waals surface area contributed by atoms with E-state index in [-0.39, 0.29) is 0 Å². The van der Waals surface area contributed by atoms with E-state index in [1.54, 1.807) is 32.4 Å². The molecule has 0 aliphatic heterocycles. The summed E-state index contributed by atoms with van der Waals surface area (Å²) in [7, 11) is 3.10. The van der Waals surface area contributed by atoms with Crippen LogP contribution in [0.4, 0.5) is 24.5 Å². The van der Waals surface area contributed by atoms with Gasteiger partial charge in [0.15, 0.2) is 11.5 Å². The second-order valence-electron chi connectivity index (χ2n) is 8.34. The second kappa shape index (κ2) is 9.88. The summed E-state index contributed by atoms with van der Waals surface area (Å²) in [6, 6.07) is 15.8. The van der Waals surface area contributed by atoms with Crippen LogP contribution in [0.25, 0.3) is 10.9 Å². The number of benzene rings is 3. The smallest absolute Gasteiger partial charge is 0.416 e. The molecule has 1 heterocycles. The van der Waals surface area contributed by atoms with E-state index in [1.807, 2.05) is 18.2 Å². The first kappa shape index (κ1) is 24.2. The minimum atomic E-state index is -4.37. The number of alkyl halides is 3. The first-order chi connectivity index (χ1) is 17.8. The Morgan fingerprint density at radius 1 is 0.838 bits per heavy atom. The van der Waals surface area contributed by atoms with E-state index in [9.17, 15) is 13.2 Å². The molecule has 1 aliphatic rings. The standard InChI is InChI=1S/C27H23F3N4O3/c1-35-23-13-21-22(14-24(23)36-2)31-15-32-26(21)37-20-5-3-4-19(12-20)34-25(16-6-7-16)33-18-10-8-17(9-11-18)27(28,29)30/h3-5,8-15,33-34H,6-7H2,1-2H3. The minimum absolute atomic E-state index is 0.353. The van der Waals surface area contributed by atoms with E-state index in [1.165, 1.54) is 18.5 Å². The van der Waals surface area contributed by atoms with Crippen LogP contribution in [-0.2, 0) is 6.18 Å². The van der Waals surface area contributed by atoms with Gasteiger partial charge in [0, 0.05) is 23.5 Å². The number of hydrogen-bond donors (Lipinski definition) is 2. The van der Waals surface area contributed by atoms with E-state index in [2.05, 4.69) is 20.6 Å². The summed E-state index contributed by atoms with van der Waals surface area (Å²) in [6.07, 6.45) is -1.15. The molecule has 0 atom stereocenters. The summed E-state index contributed by atoms with van der Waals surface area (Å²) >= 11 is 0. The lowest BCUT2D eigenvalue weighted by atomic mass is 10.2. The zero-order valence-electron chi connectivity index (χ0n) is 20.0. The molecule has 2 N–H and O–H groups in total.